The highest BCUT2D eigenvalue weighted by atomic mass is 32.2. The van der Waals surface area contributed by atoms with Crippen LogP contribution in [0, 0.1) is 0 Å². The molecule has 0 amide bonds. The summed E-state index contributed by atoms with van der Waals surface area (Å²) in [4.78, 5) is 16.6. The van der Waals surface area contributed by atoms with Gasteiger partial charge >= 0.3 is 5.97 Å². The molecule has 0 fully saturated rings. The van der Waals surface area contributed by atoms with Crippen molar-refractivity contribution in [1.82, 2.24) is 0 Å². The van der Waals surface area contributed by atoms with Crippen LogP contribution in [0.25, 0.3) is 10.4 Å². The quantitative estimate of drug-likeness (QED) is 0.0161. The van der Waals surface area contributed by atoms with Crippen LogP contribution < -0.4 is 10.4 Å². The van der Waals surface area contributed by atoms with E-state index in [1.54, 1.807) is 30.3 Å². The third-order valence-corrected chi connectivity index (χ3v) is 15.3. The minimum atomic E-state index is -4.09. The molecule has 11 heteroatoms. The zero-order valence-electron chi connectivity index (χ0n) is 32.5. The second-order valence-electron chi connectivity index (χ2n) is 15.0. The summed E-state index contributed by atoms with van der Waals surface area (Å²) in [7, 11) is -7.21. The lowest BCUT2D eigenvalue weighted by atomic mass is 9.99. The number of nitrogens with zero attached hydrogens (tertiary/aromatic N) is 3. The summed E-state index contributed by atoms with van der Waals surface area (Å²) < 4.78 is 44.6. The molecule has 0 aliphatic heterocycles. The van der Waals surface area contributed by atoms with Crippen molar-refractivity contribution in [3.63, 3.8) is 0 Å². The van der Waals surface area contributed by atoms with E-state index in [0.717, 1.165) is 35.9 Å². The summed E-state index contributed by atoms with van der Waals surface area (Å²) in [6.07, 6.45) is 12.8. The number of unbranched alkanes of at least 4 members (excludes halogenated alkanes) is 11. The Labute approximate surface area is 319 Å². The van der Waals surface area contributed by atoms with Gasteiger partial charge in [-0.25, -0.2) is 4.79 Å². The predicted octanol–water partition coefficient (Wildman–Crippen LogP) is 9.90. The van der Waals surface area contributed by atoms with Crippen LogP contribution >= 0.6 is 0 Å². The first-order valence-corrected chi connectivity index (χ1v) is 23.1. The highest BCUT2D eigenvalue weighted by molar-refractivity contribution is 7.86. The lowest BCUT2D eigenvalue weighted by molar-refractivity contribution is -0.0236. The van der Waals surface area contributed by atoms with Gasteiger partial charge in [0, 0.05) is 11.5 Å². The average Bonchev–Trinajstić information content (AvgIpc) is 3.14. The van der Waals surface area contributed by atoms with Crippen LogP contribution in [0.1, 0.15) is 122 Å². The molecule has 3 aromatic carbocycles. The molecule has 0 spiro atoms. The van der Waals surface area contributed by atoms with Gasteiger partial charge in [-0.3, -0.25) is 4.18 Å². The molecule has 0 saturated heterocycles. The lowest BCUT2D eigenvalue weighted by Crippen LogP contribution is -2.67. The smallest absolute Gasteiger partial charge is 0.338 e. The maximum absolute atomic E-state index is 13.5. The molecule has 3 rings (SSSR count). The normalized spacial score (nSPS) is 13.8. The molecule has 9 nitrogen and oxygen atoms in total. The van der Waals surface area contributed by atoms with Crippen LogP contribution in [-0.2, 0) is 23.5 Å². The van der Waals surface area contributed by atoms with Crippen LogP contribution in [-0.4, -0.2) is 53.8 Å². The number of esters is 1. The Bertz CT molecular complexity index is 1590. The van der Waals surface area contributed by atoms with Gasteiger partial charge in [-0.15, -0.1) is 0 Å². The first kappa shape index (κ1) is 43.9. The van der Waals surface area contributed by atoms with Gasteiger partial charge in [0.05, 0.1) is 17.9 Å². The summed E-state index contributed by atoms with van der Waals surface area (Å²) in [6, 6.07) is 27.4. The molecule has 0 heterocycles. The lowest BCUT2D eigenvalue weighted by Gasteiger charge is -2.44. The van der Waals surface area contributed by atoms with Gasteiger partial charge in [0.25, 0.3) is 18.4 Å². The molecule has 0 N–H and O–H groups in total. The minimum absolute atomic E-state index is 0.157. The summed E-state index contributed by atoms with van der Waals surface area (Å²) in [5.41, 5.74) is 10.2. The molecule has 0 bridgehead atoms. The maximum atomic E-state index is 13.5. The van der Waals surface area contributed by atoms with Gasteiger partial charge in [-0.2, -0.15) is 8.42 Å². The van der Waals surface area contributed by atoms with E-state index in [1.165, 1.54) is 51.4 Å². The molecular formula is C42H61N3O6SSi. The van der Waals surface area contributed by atoms with Gasteiger partial charge in [0.15, 0.2) is 0 Å². The van der Waals surface area contributed by atoms with Crippen LogP contribution in [0.3, 0.4) is 0 Å². The van der Waals surface area contributed by atoms with Crippen molar-refractivity contribution < 1.29 is 26.6 Å². The molecular weight excluding hydrogens is 703 g/mol. The minimum Gasteiger partial charge on any atom is -0.456 e. The highest BCUT2D eigenvalue weighted by Gasteiger charge is 2.51. The molecule has 0 aliphatic carbocycles. The Balaban J connectivity index is 1.89. The summed E-state index contributed by atoms with van der Waals surface area (Å²) >= 11 is 0. The first-order valence-electron chi connectivity index (χ1n) is 19.4. The Morgan fingerprint density at radius 2 is 1.21 bits per heavy atom. The number of carbonyl (C=O) groups is 1. The average molecular weight is 764 g/mol. The van der Waals surface area contributed by atoms with Crippen molar-refractivity contribution in [3.8, 4) is 0 Å². The number of hydrogen-bond acceptors (Lipinski definition) is 7. The molecule has 0 aliphatic rings. The zero-order chi connectivity index (χ0) is 38.6. The molecule has 0 radical (unpaired) electrons. The fourth-order valence-electron chi connectivity index (χ4n) is 7.06. The monoisotopic (exact) mass is 763 g/mol. The Hall–Kier alpha value is -3.47. The Morgan fingerprint density at radius 1 is 0.755 bits per heavy atom. The van der Waals surface area contributed by atoms with E-state index in [9.17, 15) is 18.7 Å². The molecule has 3 atom stereocenters. The van der Waals surface area contributed by atoms with Crippen molar-refractivity contribution in [2.75, 3.05) is 12.9 Å². The van der Waals surface area contributed by atoms with Gasteiger partial charge in [-0.05, 0) is 45.9 Å². The SMILES string of the molecule is CCCCCCCCCCCCCC[C@@H](OC(=O)c1ccccc1)[C@@H](OS(C)(=O)=O)[C@H](CO[Si](c1ccccc1)(c1ccccc1)C(C)(C)C)N=[N+]=[N-]. The fraction of sp³-hybridized carbons (Fsp3) is 0.548. The Morgan fingerprint density at radius 3 is 1.64 bits per heavy atom. The first-order chi connectivity index (χ1) is 25.4. The van der Waals surface area contributed by atoms with E-state index in [1.807, 2.05) is 36.4 Å². The number of ether oxygens (including phenoxy) is 1. The van der Waals surface area contributed by atoms with E-state index in [0.29, 0.717) is 18.4 Å². The topological polar surface area (TPSA) is 128 Å². The van der Waals surface area contributed by atoms with E-state index in [-0.39, 0.29) is 6.61 Å². The number of hydrogen-bond donors (Lipinski definition) is 0. The van der Waals surface area contributed by atoms with Crippen molar-refractivity contribution in [1.29, 1.82) is 0 Å². The fourth-order valence-corrected chi connectivity index (χ4v) is 12.3. The molecule has 53 heavy (non-hydrogen) atoms. The van der Waals surface area contributed by atoms with Crippen LogP contribution in [0.2, 0.25) is 5.04 Å². The maximum Gasteiger partial charge on any atom is 0.338 e. The van der Waals surface area contributed by atoms with Gasteiger partial charge in [0.1, 0.15) is 12.2 Å². The predicted molar refractivity (Wildman–Crippen MR) is 218 cm³/mol. The van der Waals surface area contributed by atoms with Crippen molar-refractivity contribution in [3.05, 3.63) is 107 Å². The second kappa shape index (κ2) is 22.7. The summed E-state index contributed by atoms with van der Waals surface area (Å²) in [5.74, 6) is -0.607. The third kappa shape index (κ3) is 14.4. The Kier molecular flexibility index (Phi) is 18.8. The molecule has 0 aromatic heterocycles. The van der Waals surface area contributed by atoms with Crippen molar-refractivity contribution >= 4 is 34.8 Å². The van der Waals surface area contributed by atoms with Crippen LogP contribution in [0.5, 0.6) is 0 Å². The van der Waals surface area contributed by atoms with Crippen molar-refractivity contribution in [2.45, 2.75) is 134 Å². The summed E-state index contributed by atoms with van der Waals surface area (Å²) in [6.45, 7) is 8.47. The number of azide groups is 1. The second-order valence-corrected chi connectivity index (χ2v) is 20.9. The standard InChI is InChI=1S/C42H61N3O6SSi/c1-6-7-8-9-10-11-12-13-14-15-16-26-33-39(50-41(46)35-27-20-17-21-28-35)40(51-52(5,47)48)38(44-45-43)34-49-53(42(2,3)4,36-29-22-18-23-30-36)37-31-24-19-25-32-37/h17-25,27-32,38-40H,6-16,26,33-34H2,1-5H3/t38-,39+,40-/m0/s1. The number of benzene rings is 3. The highest BCUT2D eigenvalue weighted by Crippen LogP contribution is 2.37. The van der Waals surface area contributed by atoms with E-state index < -0.39 is 47.7 Å². The molecule has 290 valence electrons. The van der Waals surface area contributed by atoms with Gasteiger partial charge in [0.2, 0.25) is 0 Å². The third-order valence-electron chi connectivity index (χ3n) is 9.73. The van der Waals surface area contributed by atoms with Gasteiger partial charge < -0.3 is 9.16 Å². The molecule has 3 aromatic rings. The van der Waals surface area contributed by atoms with Crippen LogP contribution in [0.4, 0.5) is 0 Å². The van der Waals surface area contributed by atoms with Crippen molar-refractivity contribution in [2.24, 2.45) is 5.11 Å². The summed E-state index contributed by atoms with van der Waals surface area (Å²) in [5, 5.41) is 5.73. The van der Waals surface area contributed by atoms with E-state index in [2.05, 4.69) is 62.0 Å². The largest absolute Gasteiger partial charge is 0.456 e. The molecule has 0 saturated carbocycles. The van der Waals surface area contributed by atoms with Crippen LogP contribution in [0.15, 0.2) is 96.1 Å². The van der Waals surface area contributed by atoms with E-state index in [4.69, 9.17) is 13.3 Å². The van der Waals surface area contributed by atoms with E-state index >= 15 is 0 Å². The van der Waals surface area contributed by atoms with Gasteiger partial charge in [-0.1, -0.05) is 182 Å². The number of rotatable bonds is 25. The molecule has 0 unspecified atom stereocenters. The zero-order valence-corrected chi connectivity index (χ0v) is 34.3. The number of carbonyl (C=O) groups excluding carboxylic acids is 1.